The number of pyridine rings is 1. The predicted molar refractivity (Wildman–Crippen MR) is 126 cm³/mol. The molecule has 0 saturated carbocycles. The Labute approximate surface area is 199 Å². The van der Waals surface area contributed by atoms with Crippen LogP contribution in [0.15, 0.2) is 65.8 Å². The van der Waals surface area contributed by atoms with Gasteiger partial charge in [-0.15, -0.1) is 0 Å². The van der Waals surface area contributed by atoms with Crippen LogP contribution in [0.1, 0.15) is 28.6 Å². The van der Waals surface area contributed by atoms with Crippen molar-refractivity contribution in [2.24, 2.45) is 0 Å². The first-order valence-corrected chi connectivity index (χ1v) is 12.7. The topological polar surface area (TPSA) is 110 Å². The lowest BCUT2D eigenvalue weighted by Gasteiger charge is -2.12. The van der Waals surface area contributed by atoms with E-state index >= 15 is 0 Å². The monoisotopic (exact) mass is 497 g/mol. The molecule has 2 atom stereocenters. The third-order valence-corrected chi connectivity index (χ3v) is 6.87. The quantitative estimate of drug-likeness (QED) is 0.404. The minimum absolute atomic E-state index is 0.0784. The van der Waals surface area contributed by atoms with Crippen molar-refractivity contribution in [2.45, 2.75) is 30.6 Å². The molecular formula is C24H21F2N5O3S. The summed E-state index contributed by atoms with van der Waals surface area (Å²) >= 11 is 0. The van der Waals surface area contributed by atoms with Crippen LogP contribution in [0.25, 0.3) is 22.2 Å². The van der Waals surface area contributed by atoms with E-state index in [2.05, 4.69) is 15.0 Å². The molecule has 35 heavy (non-hydrogen) atoms. The molecule has 1 aliphatic rings. The number of ether oxygens (including phenoxy) is 1. The second-order valence-corrected chi connectivity index (χ2v) is 10.4. The number of halogens is 2. The fourth-order valence-corrected chi connectivity index (χ4v) is 4.76. The smallest absolute Gasteiger partial charge is 0.387 e. The Hall–Kier alpha value is -3.86. The van der Waals surface area contributed by atoms with E-state index in [0.717, 1.165) is 28.0 Å². The van der Waals surface area contributed by atoms with Crippen LogP contribution in [0, 0.1) is 4.78 Å². The molecule has 8 nitrogen and oxygen atoms in total. The number of nitrogens with zero attached hydrogens (tertiary/aromatic N) is 3. The van der Waals surface area contributed by atoms with Crippen LogP contribution in [0.4, 0.5) is 8.78 Å². The normalized spacial score (nSPS) is 16.7. The van der Waals surface area contributed by atoms with Gasteiger partial charge < -0.3 is 14.6 Å². The number of benzene rings is 2. The Morgan fingerprint density at radius 2 is 2.00 bits per heavy atom. The maximum absolute atomic E-state index is 12.8. The Morgan fingerprint density at radius 1 is 1.20 bits per heavy atom. The van der Waals surface area contributed by atoms with Crippen LogP contribution in [0.3, 0.4) is 0 Å². The van der Waals surface area contributed by atoms with E-state index in [1.807, 2.05) is 22.8 Å². The molecule has 1 aliphatic heterocycles. The van der Waals surface area contributed by atoms with E-state index in [-0.39, 0.29) is 22.4 Å². The van der Waals surface area contributed by atoms with E-state index < -0.39 is 22.2 Å². The van der Waals surface area contributed by atoms with E-state index in [4.69, 9.17) is 9.76 Å². The Balaban J connectivity index is 1.39. The lowest BCUT2D eigenvalue weighted by Crippen LogP contribution is -2.27. The molecule has 0 radical (unpaired) electrons. The van der Waals surface area contributed by atoms with E-state index in [9.17, 15) is 17.8 Å². The molecule has 1 amide bonds. The van der Waals surface area contributed by atoms with Gasteiger partial charge in [0.15, 0.2) is 0 Å². The minimum atomic E-state index is -2.97. The van der Waals surface area contributed by atoms with Gasteiger partial charge in [0, 0.05) is 30.1 Å². The summed E-state index contributed by atoms with van der Waals surface area (Å²) in [6, 6.07) is 14.5. The maximum atomic E-state index is 12.8. The highest BCUT2D eigenvalue weighted by molar-refractivity contribution is 7.91. The standard InChI is InChI=1S/C24H21F2N5O3S/c1-35(27,33)21-8-6-16(13-28-21)14-5-7-18-20(12-14)31-10-9-19(22(31)29-18)30-23(32)15-3-2-4-17(11-15)34-24(25)26/h2-8,11-13,19,24,27H,9-10H2,1H3,(H,30,32)/t19-,35?/m1/s1. The molecule has 2 N–H and O–H groups in total. The van der Waals surface area contributed by atoms with Gasteiger partial charge >= 0.3 is 6.61 Å². The van der Waals surface area contributed by atoms with Crippen molar-refractivity contribution in [3.8, 4) is 16.9 Å². The molecule has 0 aliphatic carbocycles. The van der Waals surface area contributed by atoms with Gasteiger partial charge in [-0.1, -0.05) is 18.2 Å². The molecule has 180 valence electrons. The maximum Gasteiger partial charge on any atom is 0.387 e. The van der Waals surface area contributed by atoms with E-state index in [1.54, 1.807) is 18.3 Å². The highest BCUT2D eigenvalue weighted by Gasteiger charge is 2.28. The lowest BCUT2D eigenvalue weighted by atomic mass is 10.1. The number of aromatic nitrogens is 3. The molecule has 2 aromatic carbocycles. The highest BCUT2D eigenvalue weighted by atomic mass is 32.2. The molecule has 0 fully saturated rings. The number of rotatable bonds is 6. The van der Waals surface area contributed by atoms with Crippen molar-refractivity contribution < 1.29 is 22.5 Å². The van der Waals surface area contributed by atoms with Crippen molar-refractivity contribution in [2.75, 3.05) is 6.26 Å². The molecule has 11 heteroatoms. The molecular weight excluding hydrogens is 476 g/mol. The number of aryl methyl sites for hydroxylation is 1. The largest absolute Gasteiger partial charge is 0.435 e. The van der Waals surface area contributed by atoms with Gasteiger partial charge in [0.25, 0.3) is 5.91 Å². The Morgan fingerprint density at radius 3 is 2.71 bits per heavy atom. The highest BCUT2D eigenvalue weighted by Crippen LogP contribution is 2.32. The molecule has 2 aromatic heterocycles. The number of fused-ring (bicyclic) bond motifs is 3. The van der Waals surface area contributed by atoms with Crippen LogP contribution in [-0.2, 0) is 16.3 Å². The summed E-state index contributed by atoms with van der Waals surface area (Å²) in [5.41, 5.74) is 3.63. The van der Waals surface area contributed by atoms with Gasteiger partial charge in [0.05, 0.1) is 26.8 Å². The predicted octanol–water partition coefficient (Wildman–Crippen LogP) is 4.61. The number of amides is 1. The molecule has 0 spiro atoms. The SMILES string of the molecule is CS(=N)(=O)c1ccc(-c2ccc3nc4n(c3c2)CC[C@H]4NC(=O)c2cccc(OC(F)F)c2)cn1. The molecule has 0 saturated heterocycles. The first-order valence-electron chi connectivity index (χ1n) is 10.8. The van der Waals surface area contributed by atoms with Gasteiger partial charge in [-0.3, -0.25) is 4.79 Å². The summed E-state index contributed by atoms with van der Waals surface area (Å²) in [6.45, 7) is -2.31. The number of hydrogen-bond acceptors (Lipinski definition) is 6. The molecule has 3 heterocycles. The summed E-state index contributed by atoms with van der Waals surface area (Å²) in [4.78, 5) is 21.7. The number of nitrogens with one attached hydrogen (secondary N) is 2. The number of carbonyl (C=O) groups excluding carboxylic acids is 1. The fourth-order valence-electron chi connectivity index (χ4n) is 4.18. The van der Waals surface area contributed by atoms with Crippen LogP contribution in [0.5, 0.6) is 5.75 Å². The van der Waals surface area contributed by atoms with Crippen molar-refractivity contribution in [1.82, 2.24) is 19.9 Å². The van der Waals surface area contributed by atoms with E-state index in [0.29, 0.717) is 13.0 Å². The summed E-state index contributed by atoms with van der Waals surface area (Å²) in [5, 5.41) is 3.17. The number of alkyl halides is 2. The summed E-state index contributed by atoms with van der Waals surface area (Å²) in [5.74, 6) is 0.244. The van der Waals surface area contributed by atoms with Crippen LogP contribution >= 0.6 is 0 Å². The number of hydrogen-bond donors (Lipinski definition) is 2. The zero-order valence-corrected chi connectivity index (χ0v) is 19.4. The van der Waals surface area contributed by atoms with Gasteiger partial charge in [0.1, 0.15) is 16.6 Å². The second kappa shape index (κ2) is 8.73. The Kier molecular flexibility index (Phi) is 5.72. The second-order valence-electron chi connectivity index (χ2n) is 8.27. The number of imidazole rings is 1. The zero-order chi connectivity index (χ0) is 24.7. The molecule has 1 unspecified atom stereocenters. The Bertz CT molecular complexity index is 1530. The summed E-state index contributed by atoms with van der Waals surface area (Å²) in [7, 11) is -2.88. The average molecular weight is 498 g/mol. The van der Waals surface area contributed by atoms with Gasteiger partial charge in [0.2, 0.25) is 0 Å². The van der Waals surface area contributed by atoms with Crippen LogP contribution in [0.2, 0.25) is 0 Å². The first-order chi connectivity index (χ1) is 16.7. The number of carbonyl (C=O) groups is 1. The third kappa shape index (κ3) is 4.59. The van der Waals surface area contributed by atoms with E-state index in [1.165, 1.54) is 30.5 Å². The van der Waals surface area contributed by atoms with Crippen molar-refractivity contribution in [3.63, 3.8) is 0 Å². The zero-order valence-electron chi connectivity index (χ0n) is 18.6. The van der Waals surface area contributed by atoms with Crippen molar-refractivity contribution >= 4 is 26.7 Å². The van der Waals surface area contributed by atoms with Gasteiger partial charge in [-0.25, -0.2) is 19.0 Å². The summed E-state index contributed by atoms with van der Waals surface area (Å²) in [6.07, 6.45) is 3.58. The molecule has 5 rings (SSSR count). The van der Waals surface area contributed by atoms with Crippen LogP contribution < -0.4 is 10.1 Å². The molecule has 4 aromatic rings. The fraction of sp³-hybridized carbons (Fsp3) is 0.208. The third-order valence-electron chi connectivity index (χ3n) is 5.83. The average Bonchev–Trinajstić information content (AvgIpc) is 3.37. The lowest BCUT2D eigenvalue weighted by molar-refractivity contribution is -0.0498. The van der Waals surface area contributed by atoms with Gasteiger partial charge in [-0.05, 0) is 48.4 Å². The minimum Gasteiger partial charge on any atom is -0.435 e. The summed E-state index contributed by atoms with van der Waals surface area (Å²) < 4.78 is 51.0. The van der Waals surface area contributed by atoms with Crippen LogP contribution in [-0.4, -0.2) is 37.5 Å². The van der Waals surface area contributed by atoms with Gasteiger partial charge in [-0.2, -0.15) is 8.78 Å². The van der Waals surface area contributed by atoms with Crippen molar-refractivity contribution in [3.05, 3.63) is 72.2 Å². The first kappa shape index (κ1) is 22.9. The van der Waals surface area contributed by atoms with Crippen molar-refractivity contribution in [1.29, 1.82) is 4.78 Å². The molecule has 0 bridgehead atoms.